The van der Waals surface area contributed by atoms with Gasteiger partial charge in [-0.1, -0.05) is 0 Å². The lowest BCUT2D eigenvalue weighted by molar-refractivity contribution is 0.0261. The summed E-state index contributed by atoms with van der Waals surface area (Å²) >= 11 is 0. The molecule has 1 saturated heterocycles. The van der Waals surface area contributed by atoms with Crippen molar-refractivity contribution in [3.63, 3.8) is 0 Å². The van der Waals surface area contributed by atoms with Gasteiger partial charge in [-0.3, -0.25) is 0 Å². The highest BCUT2D eigenvalue weighted by molar-refractivity contribution is 5.68. The Balaban J connectivity index is 2.51. The van der Waals surface area contributed by atoms with Crippen molar-refractivity contribution in [2.45, 2.75) is 38.5 Å². The van der Waals surface area contributed by atoms with Crippen LogP contribution in [0.5, 0.6) is 0 Å². The molecule has 1 aliphatic heterocycles. The monoisotopic (exact) mass is 218 g/mol. The van der Waals surface area contributed by atoms with Crippen LogP contribution in [0.3, 0.4) is 0 Å². The molecular formula is C10H19FN2O2. The van der Waals surface area contributed by atoms with Crippen LogP contribution in [-0.2, 0) is 4.74 Å². The molecule has 0 aromatic carbocycles. The van der Waals surface area contributed by atoms with Gasteiger partial charge >= 0.3 is 6.09 Å². The summed E-state index contributed by atoms with van der Waals surface area (Å²) in [5, 5.41) is 0. The summed E-state index contributed by atoms with van der Waals surface area (Å²) in [7, 11) is 0. The molecule has 1 atom stereocenters. The van der Waals surface area contributed by atoms with Crippen LogP contribution in [0.4, 0.5) is 9.18 Å². The van der Waals surface area contributed by atoms with E-state index < -0.39 is 17.4 Å². The molecule has 15 heavy (non-hydrogen) atoms. The standard InChI is InChI=1S/C10H19FN2O2/c1-9(2,3)15-8(14)13-5-4-10(11,6-12)7-13/h4-7,12H2,1-3H3/t10-/m1/s1. The summed E-state index contributed by atoms with van der Waals surface area (Å²) in [6, 6.07) is 0. The molecule has 1 heterocycles. The molecule has 0 bridgehead atoms. The number of nitrogens with zero attached hydrogens (tertiary/aromatic N) is 1. The zero-order valence-electron chi connectivity index (χ0n) is 9.55. The highest BCUT2D eigenvalue weighted by Gasteiger charge is 2.40. The number of alkyl halides is 1. The van der Waals surface area contributed by atoms with Gasteiger partial charge < -0.3 is 15.4 Å². The average Bonchev–Trinajstić information content (AvgIpc) is 2.46. The molecule has 0 spiro atoms. The van der Waals surface area contributed by atoms with E-state index in [9.17, 15) is 9.18 Å². The number of carbonyl (C=O) groups excluding carboxylic acids is 1. The Labute approximate surface area is 89.6 Å². The van der Waals surface area contributed by atoms with Crippen LogP contribution in [0.2, 0.25) is 0 Å². The number of carbonyl (C=O) groups is 1. The number of rotatable bonds is 1. The summed E-state index contributed by atoms with van der Waals surface area (Å²) in [5.41, 5.74) is 3.33. The second-order valence-electron chi connectivity index (χ2n) is 5.01. The van der Waals surface area contributed by atoms with Gasteiger partial charge in [-0.2, -0.15) is 0 Å². The van der Waals surface area contributed by atoms with Crippen molar-refractivity contribution < 1.29 is 13.9 Å². The van der Waals surface area contributed by atoms with Gasteiger partial charge in [0.15, 0.2) is 0 Å². The molecule has 0 aromatic heterocycles. The number of amides is 1. The normalized spacial score (nSPS) is 26.9. The van der Waals surface area contributed by atoms with E-state index in [0.717, 1.165) is 0 Å². The molecule has 0 aromatic rings. The molecule has 0 aliphatic carbocycles. The van der Waals surface area contributed by atoms with Crippen molar-refractivity contribution >= 4 is 6.09 Å². The molecule has 5 heteroatoms. The number of ether oxygens (including phenoxy) is 1. The first-order valence-corrected chi connectivity index (χ1v) is 5.13. The van der Waals surface area contributed by atoms with Crippen LogP contribution in [0.25, 0.3) is 0 Å². The van der Waals surface area contributed by atoms with E-state index in [2.05, 4.69) is 0 Å². The van der Waals surface area contributed by atoms with Crippen molar-refractivity contribution in [1.82, 2.24) is 4.90 Å². The van der Waals surface area contributed by atoms with Gasteiger partial charge in [0.1, 0.15) is 11.3 Å². The molecule has 1 amide bonds. The lowest BCUT2D eigenvalue weighted by atomic mass is 10.1. The third-order valence-corrected chi connectivity index (χ3v) is 2.32. The Bertz CT molecular complexity index is 252. The first-order chi connectivity index (χ1) is 6.76. The largest absolute Gasteiger partial charge is 0.444 e. The lowest BCUT2D eigenvalue weighted by Gasteiger charge is -2.25. The molecule has 1 fully saturated rings. The summed E-state index contributed by atoms with van der Waals surface area (Å²) in [6.45, 7) is 5.72. The Morgan fingerprint density at radius 2 is 2.20 bits per heavy atom. The maximum atomic E-state index is 13.7. The van der Waals surface area contributed by atoms with E-state index >= 15 is 0 Å². The molecule has 88 valence electrons. The van der Waals surface area contributed by atoms with E-state index in [-0.39, 0.29) is 13.1 Å². The maximum absolute atomic E-state index is 13.7. The molecule has 0 saturated carbocycles. The van der Waals surface area contributed by atoms with Crippen LogP contribution in [0.1, 0.15) is 27.2 Å². The molecule has 4 nitrogen and oxygen atoms in total. The van der Waals surface area contributed by atoms with Gasteiger partial charge in [0, 0.05) is 19.5 Å². The van der Waals surface area contributed by atoms with Crippen molar-refractivity contribution in [2.75, 3.05) is 19.6 Å². The van der Waals surface area contributed by atoms with Crippen LogP contribution in [-0.4, -0.2) is 41.9 Å². The number of halogens is 1. The van der Waals surface area contributed by atoms with Crippen molar-refractivity contribution in [1.29, 1.82) is 0 Å². The summed E-state index contributed by atoms with van der Waals surface area (Å²) in [4.78, 5) is 12.9. The van der Waals surface area contributed by atoms with Crippen LogP contribution >= 0.6 is 0 Å². The fraction of sp³-hybridized carbons (Fsp3) is 0.900. The maximum Gasteiger partial charge on any atom is 0.410 e. The number of hydrogen-bond donors (Lipinski definition) is 1. The second kappa shape index (κ2) is 3.96. The molecule has 1 rings (SSSR count). The van der Waals surface area contributed by atoms with Crippen molar-refractivity contribution in [3.8, 4) is 0 Å². The first kappa shape index (κ1) is 12.2. The Kier molecular flexibility index (Phi) is 3.23. The predicted molar refractivity (Wildman–Crippen MR) is 55.3 cm³/mol. The lowest BCUT2D eigenvalue weighted by Crippen LogP contribution is -2.40. The van der Waals surface area contributed by atoms with Gasteiger partial charge in [-0.25, -0.2) is 9.18 Å². The number of nitrogens with two attached hydrogens (primary N) is 1. The van der Waals surface area contributed by atoms with E-state index in [1.165, 1.54) is 4.90 Å². The molecule has 0 unspecified atom stereocenters. The fourth-order valence-electron chi connectivity index (χ4n) is 1.48. The molecular weight excluding hydrogens is 199 g/mol. The van der Waals surface area contributed by atoms with E-state index in [0.29, 0.717) is 13.0 Å². The summed E-state index contributed by atoms with van der Waals surface area (Å²) in [5.74, 6) is 0. The minimum atomic E-state index is -1.43. The number of hydrogen-bond acceptors (Lipinski definition) is 3. The van der Waals surface area contributed by atoms with Crippen molar-refractivity contribution in [2.24, 2.45) is 5.73 Å². The molecule has 1 aliphatic rings. The molecule has 2 N–H and O–H groups in total. The summed E-state index contributed by atoms with van der Waals surface area (Å²) in [6.07, 6.45) is -0.168. The Hall–Kier alpha value is -0.840. The minimum absolute atomic E-state index is 0.0401. The third-order valence-electron chi connectivity index (χ3n) is 2.32. The van der Waals surface area contributed by atoms with E-state index in [1.54, 1.807) is 20.8 Å². The van der Waals surface area contributed by atoms with Gasteiger partial charge in [-0.15, -0.1) is 0 Å². The smallest absolute Gasteiger partial charge is 0.410 e. The van der Waals surface area contributed by atoms with Crippen LogP contribution in [0.15, 0.2) is 0 Å². The zero-order chi connectivity index (χ0) is 11.7. The average molecular weight is 218 g/mol. The second-order valence-corrected chi connectivity index (χ2v) is 5.01. The fourth-order valence-corrected chi connectivity index (χ4v) is 1.48. The first-order valence-electron chi connectivity index (χ1n) is 5.13. The van der Waals surface area contributed by atoms with Crippen LogP contribution < -0.4 is 5.73 Å². The highest BCUT2D eigenvalue weighted by atomic mass is 19.1. The minimum Gasteiger partial charge on any atom is -0.444 e. The highest BCUT2D eigenvalue weighted by Crippen LogP contribution is 2.25. The van der Waals surface area contributed by atoms with E-state index in [4.69, 9.17) is 10.5 Å². The van der Waals surface area contributed by atoms with E-state index in [1.807, 2.05) is 0 Å². The Morgan fingerprint density at radius 1 is 1.60 bits per heavy atom. The number of likely N-dealkylation sites (tertiary alicyclic amines) is 1. The van der Waals surface area contributed by atoms with Gasteiger partial charge in [0.05, 0.1) is 6.54 Å². The van der Waals surface area contributed by atoms with Gasteiger partial charge in [-0.05, 0) is 20.8 Å². The van der Waals surface area contributed by atoms with Gasteiger partial charge in [0.2, 0.25) is 0 Å². The SMILES string of the molecule is CC(C)(C)OC(=O)N1CC[C@@](F)(CN)C1. The topological polar surface area (TPSA) is 55.6 Å². The van der Waals surface area contributed by atoms with Gasteiger partial charge in [0.25, 0.3) is 0 Å². The Morgan fingerprint density at radius 3 is 2.60 bits per heavy atom. The third kappa shape index (κ3) is 3.34. The predicted octanol–water partition coefficient (Wildman–Crippen LogP) is 1.29. The zero-order valence-corrected chi connectivity index (χ0v) is 9.55. The van der Waals surface area contributed by atoms with Crippen molar-refractivity contribution in [3.05, 3.63) is 0 Å². The van der Waals surface area contributed by atoms with Crippen LogP contribution in [0, 0.1) is 0 Å². The molecule has 0 radical (unpaired) electrons. The summed E-state index contributed by atoms with van der Waals surface area (Å²) < 4.78 is 18.8. The quantitative estimate of drug-likeness (QED) is 0.721.